The second-order valence-electron chi connectivity index (χ2n) is 8.64. The number of nitrogens with zero attached hydrogens (tertiary/aromatic N) is 1. The first-order valence-corrected chi connectivity index (χ1v) is 11.7. The zero-order chi connectivity index (χ0) is 24.5. The van der Waals surface area contributed by atoms with Gasteiger partial charge in [0.15, 0.2) is 0 Å². The van der Waals surface area contributed by atoms with Crippen LogP contribution in [0.1, 0.15) is 27.8 Å². The van der Waals surface area contributed by atoms with E-state index in [1.807, 2.05) is 61.5 Å². The first kappa shape index (κ1) is 23.3. The topological polar surface area (TPSA) is 61.1 Å². The van der Waals surface area contributed by atoms with Gasteiger partial charge in [-0.05, 0) is 30.2 Å². The Morgan fingerprint density at radius 2 is 1.86 bits per heavy atom. The van der Waals surface area contributed by atoms with Crippen LogP contribution in [0.4, 0.5) is 0 Å². The molecule has 0 fully saturated rings. The Labute approximate surface area is 208 Å². The van der Waals surface area contributed by atoms with Gasteiger partial charge in [-0.1, -0.05) is 48.0 Å². The maximum atomic E-state index is 13.1. The SMILES string of the molecule is COc1ccc(CN2COc3c(Cl)cc4c(C)c(Cc5ccccc5)c(=O)oc4c3C2)c(OC)c1. The Hall–Kier alpha value is -3.48. The highest BCUT2D eigenvalue weighted by Gasteiger charge is 2.26. The van der Waals surface area contributed by atoms with Crippen molar-refractivity contribution in [2.75, 3.05) is 21.0 Å². The lowest BCUT2D eigenvalue weighted by Crippen LogP contribution is -2.32. The Morgan fingerprint density at radius 3 is 2.60 bits per heavy atom. The van der Waals surface area contributed by atoms with Crippen LogP contribution in [0.25, 0.3) is 11.0 Å². The number of hydrogen-bond donors (Lipinski definition) is 0. The summed E-state index contributed by atoms with van der Waals surface area (Å²) >= 11 is 6.64. The van der Waals surface area contributed by atoms with E-state index >= 15 is 0 Å². The van der Waals surface area contributed by atoms with Gasteiger partial charge in [0.05, 0.1) is 24.8 Å². The van der Waals surface area contributed by atoms with Crippen molar-refractivity contribution in [2.24, 2.45) is 0 Å². The lowest BCUT2D eigenvalue weighted by Gasteiger charge is -2.30. The normalized spacial score (nSPS) is 13.4. The van der Waals surface area contributed by atoms with Crippen molar-refractivity contribution >= 4 is 22.6 Å². The molecule has 0 aliphatic carbocycles. The quantitative estimate of drug-likeness (QED) is 0.322. The van der Waals surface area contributed by atoms with Gasteiger partial charge in [0, 0.05) is 42.1 Å². The summed E-state index contributed by atoms with van der Waals surface area (Å²) in [6.45, 7) is 3.39. The van der Waals surface area contributed by atoms with Crippen LogP contribution < -0.4 is 19.8 Å². The molecule has 0 unspecified atom stereocenters. The van der Waals surface area contributed by atoms with Gasteiger partial charge in [0.1, 0.15) is 29.6 Å². The van der Waals surface area contributed by atoms with E-state index in [4.69, 9.17) is 30.2 Å². The lowest BCUT2D eigenvalue weighted by molar-refractivity contribution is 0.0883. The second-order valence-corrected chi connectivity index (χ2v) is 9.04. The van der Waals surface area contributed by atoms with Crippen molar-refractivity contribution in [3.63, 3.8) is 0 Å². The molecular weight excluding hydrogens is 466 g/mol. The number of methoxy groups -OCH3 is 2. The number of aryl methyl sites for hydroxylation is 1. The van der Waals surface area contributed by atoms with E-state index in [1.54, 1.807) is 14.2 Å². The molecule has 0 bridgehead atoms. The predicted molar refractivity (Wildman–Crippen MR) is 136 cm³/mol. The van der Waals surface area contributed by atoms with Crippen molar-refractivity contribution in [1.29, 1.82) is 0 Å². The summed E-state index contributed by atoms with van der Waals surface area (Å²) in [5, 5.41) is 1.34. The Bertz CT molecular complexity index is 1450. The molecule has 0 saturated heterocycles. The summed E-state index contributed by atoms with van der Waals surface area (Å²) in [5.74, 6) is 2.03. The highest BCUT2D eigenvalue weighted by Crippen LogP contribution is 2.40. The van der Waals surface area contributed by atoms with Gasteiger partial charge in [-0.15, -0.1) is 0 Å². The fourth-order valence-corrected chi connectivity index (χ4v) is 4.86. The minimum atomic E-state index is -0.336. The molecule has 0 radical (unpaired) electrons. The van der Waals surface area contributed by atoms with Crippen LogP contribution >= 0.6 is 11.6 Å². The van der Waals surface area contributed by atoms with Crippen LogP contribution in [0, 0.1) is 6.92 Å². The van der Waals surface area contributed by atoms with E-state index < -0.39 is 0 Å². The zero-order valence-corrected chi connectivity index (χ0v) is 20.6. The molecule has 0 amide bonds. The number of hydrogen-bond acceptors (Lipinski definition) is 6. The third-order valence-corrected chi connectivity index (χ3v) is 6.74. The maximum absolute atomic E-state index is 13.1. The highest BCUT2D eigenvalue weighted by atomic mass is 35.5. The Morgan fingerprint density at radius 1 is 1.06 bits per heavy atom. The first-order valence-electron chi connectivity index (χ1n) is 11.4. The minimum Gasteiger partial charge on any atom is -0.497 e. The summed E-state index contributed by atoms with van der Waals surface area (Å²) < 4.78 is 22.8. The third kappa shape index (κ3) is 4.47. The summed E-state index contributed by atoms with van der Waals surface area (Å²) in [5.41, 5.74) is 4.52. The van der Waals surface area contributed by atoms with Gasteiger partial charge < -0.3 is 18.6 Å². The fourth-order valence-electron chi connectivity index (χ4n) is 4.59. The van der Waals surface area contributed by atoms with E-state index in [0.717, 1.165) is 39.1 Å². The molecule has 0 spiro atoms. The van der Waals surface area contributed by atoms with Crippen molar-refractivity contribution in [2.45, 2.75) is 26.4 Å². The summed E-state index contributed by atoms with van der Waals surface area (Å²) in [7, 11) is 3.26. The van der Waals surface area contributed by atoms with E-state index in [2.05, 4.69) is 4.90 Å². The van der Waals surface area contributed by atoms with E-state index in [-0.39, 0.29) is 5.63 Å². The number of ether oxygens (including phenoxy) is 3. The molecule has 3 aromatic carbocycles. The molecule has 1 aliphatic rings. The van der Waals surface area contributed by atoms with Crippen LogP contribution in [0.3, 0.4) is 0 Å². The molecule has 7 heteroatoms. The molecule has 4 aromatic rings. The van der Waals surface area contributed by atoms with Crippen LogP contribution in [-0.4, -0.2) is 25.9 Å². The van der Waals surface area contributed by atoms with Crippen molar-refractivity contribution in [3.05, 3.63) is 97.9 Å². The molecule has 35 heavy (non-hydrogen) atoms. The average Bonchev–Trinajstić information content (AvgIpc) is 2.88. The maximum Gasteiger partial charge on any atom is 0.340 e. The van der Waals surface area contributed by atoms with E-state index in [1.165, 1.54) is 0 Å². The molecule has 180 valence electrons. The van der Waals surface area contributed by atoms with Gasteiger partial charge >= 0.3 is 5.63 Å². The molecule has 0 atom stereocenters. The van der Waals surface area contributed by atoms with Gasteiger partial charge in [-0.3, -0.25) is 4.90 Å². The number of benzene rings is 3. The smallest absolute Gasteiger partial charge is 0.340 e. The van der Waals surface area contributed by atoms with Gasteiger partial charge in [0.2, 0.25) is 0 Å². The fraction of sp³-hybridized carbons (Fsp3) is 0.250. The summed E-state index contributed by atoms with van der Waals surface area (Å²) in [6, 6.07) is 17.5. The van der Waals surface area contributed by atoms with Crippen LogP contribution in [0.15, 0.2) is 63.8 Å². The average molecular weight is 492 g/mol. The molecule has 0 saturated carbocycles. The third-order valence-electron chi connectivity index (χ3n) is 6.46. The first-order chi connectivity index (χ1) is 17.0. The molecule has 1 aromatic heterocycles. The Kier molecular flexibility index (Phi) is 6.41. The van der Waals surface area contributed by atoms with Gasteiger partial charge in [-0.2, -0.15) is 0 Å². The van der Waals surface area contributed by atoms with Crippen molar-refractivity contribution in [1.82, 2.24) is 4.90 Å². The summed E-state index contributed by atoms with van der Waals surface area (Å²) in [6.07, 6.45) is 0.500. The largest absolute Gasteiger partial charge is 0.497 e. The molecule has 6 nitrogen and oxygen atoms in total. The van der Waals surface area contributed by atoms with Crippen LogP contribution in [0.5, 0.6) is 17.2 Å². The van der Waals surface area contributed by atoms with Crippen LogP contribution in [0.2, 0.25) is 5.02 Å². The van der Waals surface area contributed by atoms with E-state index in [9.17, 15) is 4.79 Å². The van der Waals surface area contributed by atoms with Gasteiger partial charge in [0.25, 0.3) is 0 Å². The van der Waals surface area contributed by atoms with Crippen molar-refractivity contribution < 1.29 is 18.6 Å². The second kappa shape index (κ2) is 9.64. The molecule has 0 N–H and O–H groups in total. The number of halogens is 1. The Balaban J connectivity index is 1.52. The zero-order valence-electron chi connectivity index (χ0n) is 19.9. The van der Waals surface area contributed by atoms with E-state index in [0.29, 0.717) is 48.2 Å². The standard InChI is InChI=1S/C28H26ClNO5/c1-17-21-13-24(29)27-23(26(21)35-28(31)22(17)11-18-7-5-4-6-8-18)15-30(16-34-27)14-19-9-10-20(32-2)12-25(19)33-3/h4-10,12-13H,11,14-16H2,1-3H3. The minimum absolute atomic E-state index is 0.336. The summed E-state index contributed by atoms with van der Waals surface area (Å²) in [4.78, 5) is 15.2. The monoisotopic (exact) mass is 491 g/mol. The highest BCUT2D eigenvalue weighted by molar-refractivity contribution is 6.33. The number of rotatable bonds is 6. The molecule has 1 aliphatic heterocycles. The van der Waals surface area contributed by atoms with Gasteiger partial charge in [-0.25, -0.2) is 4.79 Å². The molecule has 5 rings (SSSR count). The van der Waals surface area contributed by atoms with Crippen LogP contribution in [-0.2, 0) is 19.5 Å². The molecular formula is C28H26ClNO5. The lowest BCUT2D eigenvalue weighted by atomic mass is 9.97. The van der Waals surface area contributed by atoms with Crippen molar-refractivity contribution in [3.8, 4) is 17.2 Å². The number of fused-ring (bicyclic) bond motifs is 3. The molecule has 2 heterocycles. The predicted octanol–water partition coefficient (Wildman–Crippen LogP) is 5.71.